The van der Waals surface area contributed by atoms with E-state index in [1.807, 2.05) is 20.9 Å². The molecule has 0 saturated carbocycles. The Hall–Kier alpha value is -1.60. The zero-order valence-electron chi connectivity index (χ0n) is 15.6. The minimum atomic E-state index is -0.189. The smallest absolute Gasteiger partial charge is 0.342 e. The first-order valence-corrected chi connectivity index (χ1v) is 11.5. The van der Waals surface area contributed by atoms with Crippen molar-refractivity contribution < 1.29 is 4.79 Å². The highest BCUT2D eigenvalue weighted by molar-refractivity contribution is 7.99. The number of carbonyl (C=O) groups excluding carboxylic acids is 1. The van der Waals surface area contributed by atoms with E-state index < -0.39 is 0 Å². The SMILES string of the molecule is CC1CCN(C(=O)CSc2nc(=O)n(Cc3cccs3)c3c2CCC3)CC1. The predicted molar refractivity (Wildman–Crippen MR) is 110 cm³/mol. The third kappa shape index (κ3) is 4.14. The molecule has 0 bridgehead atoms. The highest BCUT2D eigenvalue weighted by Gasteiger charge is 2.24. The lowest BCUT2D eigenvalue weighted by Gasteiger charge is -2.30. The van der Waals surface area contributed by atoms with Crippen molar-refractivity contribution in [2.75, 3.05) is 18.8 Å². The predicted octanol–water partition coefficient (Wildman–Crippen LogP) is 3.19. The molecule has 1 fully saturated rings. The molecule has 2 aliphatic rings. The second-order valence-corrected chi connectivity index (χ2v) is 9.49. The fourth-order valence-electron chi connectivity index (χ4n) is 3.91. The van der Waals surface area contributed by atoms with E-state index >= 15 is 0 Å². The monoisotopic (exact) mass is 403 g/mol. The average Bonchev–Trinajstić information content (AvgIpc) is 3.34. The van der Waals surface area contributed by atoms with Gasteiger partial charge < -0.3 is 4.90 Å². The second-order valence-electron chi connectivity index (χ2n) is 7.50. The molecule has 144 valence electrons. The van der Waals surface area contributed by atoms with Gasteiger partial charge in [-0.1, -0.05) is 24.8 Å². The number of thioether (sulfide) groups is 1. The highest BCUT2D eigenvalue weighted by atomic mass is 32.2. The molecule has 7 heteroatoms. The molecule has 1 aliphatic heterocycles. The molecule has 0 atom stereocenters. The number of hydrogen-bond donors (Lipinski definition) is 0. The molecule has 0 spiro atoms. The summed E-state index contributed by atoms with van der Waals surface area (Å²) in [6, 6.07) is 4.06. The summed E-state index contributed by atoms with van der Waals surface area (Å²) in [5.74, 6) is 1.26. The molecule has 0 radical (unpaired) electrons. The largest absolute Gasteiger partial charge is 0.349 e. The zero-order valence-corrected chi connectivity index (χ0v) is 17.3. The number of thiophene rings is 1. The van der Waals surface area contributed by atoms with Gasteiger partial charge in [-0.05, 0) is 49.5 Å². The van der Waals surface area contributed by atoms with Crippen molar-refractivity contribution in [3.8, 4) is 0 Å². The van der Waals surface area contributed by atoms with Crippen LogP contribution >= 0.6 is 23.1 Å². The minimum Gasteiger partial charge on any atom is -0.342 e. The van der Waals surface area contributed by atoms with E-state index in [1.54, 1.807) is 11.3 Å². The molecule has 1 aliphatic carbocycles. The Kier molecular flexibility index (Phi) is 5.68. The molecular weight excluding hydrogens is 378 g/mol. The van der Waals surface area contributed by atoms with Crippen LogP contribution in [0.25, 0.3) is 0 Å². The molecule has 0 aromatic carbocycles. The molecule has 1 saturated heterocycles. The quantitative estimate of drug-likeness (QED) is 0.568. The zero-order chi connectivity index (χ0) is 18.8. The van der Waals surface area contributed by atoms with Crippen LogP contribution in [0, 0.1) is 5.92 Å². The number of nitrogens with zero attached hydrogens (tertiary/aromatic N) is 3. The van der Waals surface area contributed by atoms with Crippen molar-refractivity contribution in [2.24, 2.45) is 5.92 Å². The van der Waals surface area contributed by atoms with Crippen LogP contribution in [0.1, 0.15) is 42.3 Å². The molecule has 2 aromatic heterocycles. The van der Waals surface area contributed by atoms with Crippen molar-refractivity contribution in [3.63, 3.8) is 0 Å². The van der Waals surface area contributed by atoms with Gasteiger partial charge in [0.2, 0.25) is 5.91 Å². The van der Waals surface area contributed by atoms with Crippen LogP contribution in [0.4, 0.5) is 0 Å². The summed E-state index contributed by atoms with van der Waals surface area (Å²) in [5.41, 5.74) is 2.10. The molecule has 3 heterocycles. The van der Waals surface area contributed by atoms with Crippen molar-refractivity contribution in [1.82, 2.24) is 14.5 Å². The van der Waals surface area contributed by atoms with E-state index in [1.165, 1.54) is 22.2 Å². The first kappa shape index (κ1) is 18.7. The number of piperidine rings is 1. The lowest BCUT2D eigenvalue weighted by molar-refractivity contribution is -0.129. The Labute approximate surface area is 167 Å². The standard InChI is InChI=1S/C20H25N3O2S2/c1-14-7-9-22(10-8-14)18(24)13-27-19-16-5-2-6-17(16)23(20(25)21-19)12-15-4-3-11-26-15/h3-4,11,14H,2,5-10,12-13H2,1H3. The number of likely N-dealkylation sites (tertiary alicyclic amines) is 1. The van der Waals surface area contributed by atoms with Crippen LogP contribution in [0.15, 0.2) is 27.3 Å². The lowest BCUT2D eigenvalue weighted by Crippen LogP contribution is -2.39. The van der Waals surface area contributed by atoms with Crippen LogP contribution in [0.2, 0.25) is 0 Å². The molecular formula is C20H25N3O2S2. The van der Waals surface area contributed by atoms with E-state index in [9.17, 15) is 9.59 Å². The normalized spacial score (nSPS) is 17.3. The molecule has 0 N–H and O–H groups in total. The third-order valence-electron chi connectivity index (χ3n) is 5.56. The van der Waals surface area contributed by atoms with Gasteiger partial charge in [0.15, 0.2) is 0 Å². The van der Waals surface area contributed by atoms with Crippen LogP contribution in [0.3, 0.4) is 0 Å². The van der Waals surface area contributed by atoms with Gasteiger partial charge in [-0.25, -0.2) is 4.79 Å². The van der Waals surface area contributed by atoms with Gasteiger partial charge in [-0.2, -0.15) is 4.98 Å². The molecule has 0 unspecified atom stereocenters. The first-order chi connectivity index (χ1) is 13.1. The van der Waals surface area contributed by atoms with Gasteiger partial charge in [0.05, 0.1) is 12.3 Å². The number of amides is 1. The highest BCUT2D eigenvalue weighted by Crippen LogP contribution is 2.30. The van der Waals surface area contributed by atoms with Crippen LogP contribution in [0.5, 0.6) is 0 Å². The Balaban J connectivity index is 1.49. The van der Waals surface area contributed by atoms with Crippen LogP contribution < -0.4 is 5.69 Å². The lowest BCUT2D eigenvalue weighted by atomic mass is 9.99. The summed E-state index contributed by atoms with van der Waals surface area (Å²) in [7, 11) is 0. The minimum absolute atomic E-state index is 0.170. The number of hydrogen-bond acceptors (Lipinski definition) is 5. The molecule has 4 rings (SSSR count). The summed E-state index contributed by atoms with van der Waals surface area (Å²) in [4.78, 5) is 32.7. The Morgan fingerprint density at radius 1 is 1.33 bits per heavy atom. The summed E-state index contributed by atoms with van der Waals surface area (Å²) < 4.78 is 1.83. The van der Waals surface area contributed by atoms with Gasteiger partial charge in [0.25, 0.3) is 0 Å². The molecule has 27 heavy (non-hydrogen) atoms. The van der Waals surface area contributed by atoms with E-state index in [-0.39, 0.29) is 11.6 Å². The van der Waals surface area contributed by atoms with E-state index in [0.717, 1.165) is 55.9 Å². The number of rotatable bonds is 5. The molecule has 5 nitrogen and oxygen atoms in total. The van der Waals surface area contributed by atoms with Crippen molar-refractivity contribution >= 4 is 29.0 Å². The number of aromatic nitrogens is 2. The van der Waals surface area contributed by atoms with Crippen LogP contribution in [-0.4, -0.2) is 39.2 Å². The van der Waals surface area contributed by atoms with Gasteiger partial charge >= 0.3 is 5.69 Å². The van der Waals surface area contributed by atoms with Gasteiger partial charge in [0.1, 0.15) is 5.03 Å². The summed E-state index contributed by atoms with van der Waals surface area (Å²) in [6.07, 6.45) is 5.09. The first-order valence-electron chi connectivity index (χ1n) is 9.67. The Morgan fingerprint density at radius 2 is 2.15 bits per heavy atom. The Bertz CT molecular complexity index is 868. The second kappa shape index (κ2) is 8.19. The number of carbonyl (C=O) groups is 1. The topological polar surface area (TPSA) is 55.2 Å². The Morgan fingerprint density at radius 3 is 2.89 bits per heavy atom. The molecule has 1 amide bonds. The van der Waals surface area contributed by atoms with Crippen molar-refractivity contribution in [3.05, 3.63) is 44.1 Å². The van der Waals surface area contributed by atoms with E-state index in [0.29, 0.717) is 18.2 Å². The average molecular weight is 404 g/mol. The summed E-state index contributed by atoms with van der Waals surface area (Å²) in [6.45, 7) is 4.56. The van der Waals surface area contributed by atoms with Gasteiger partial charge in [-0.15, -0.1) is 11.3 Å². The summed E-state index contributed by atoms with van der Waals surface area (Å²) in [5, 5.41) is 2.80. The van der Waals surface area contributed by atoms with Crippen LogP contribution in [-0.2, 0) is 24.2 Å². The maximum atomic E-state index is 12.7. The van der Waals surface area contributed by atoms with Crippen molar-refractivity contribution in [1.29, 1.82) is 0 Å². The van der Waals surface area contributed by atoms with Crippen molar-refractivity contribution in [2.45, 2.75) is 50.6 Å². The maximum Gasteiger partial charge on any atom is 0.349 e. The van der Waals surface area contributed by atoms with E-state index in [2.05, 4.69) is 18.0 Å². The number of fused-ring (bicyclic) bond motifs is 1. The summed E-state index contributed by atoms with van der Waals surface area (Å²) >= 11 is 3.11. The fraction of sp³-hybridized carbons (Fsp3) is 0.550. The third-order valence-corrected chi connectivity index (χ3v) is 7.43. The fourth-order valence-corrected chi connectivity index (χ4v) is 5.58. The van der Waals surface area contributed by atoms with E-state index in [4.69, 9.17) is 0 Å². The van der Waals surface area contributed by atoms with Gasteiger partial charge in [-0.3, -0.25) is 9.36 Å². The van der Waals surface area contributed by atoms with Gasteiger partial charge in [0, 0.05) is 29.2 Å². The maximum absolute atomic E-state index is 12.7. The molecule has 2 aromatic rings.